The fourth-order valence-corrected chi connectivity index (χ4v) is 4.84. The van der Waals surface area contributed by atoms with Gasteiger partial charge in [0.15, 0.2) is 5.78 Å². The molecule has 0 spiro atoms. The lowest BCUT2D eigenvalue weighted by molar-refractivity contribution is -0.139. The molecule has 1 fully saturated rings. The van der Waals surface area contributed by atoms with Crippen molar-refractivity contribution in [3.8, 4) is 0 Å². The Bertz CT molecular complexity index is 578. The molecule has 1 unspecified atom stereocenters. The number of Topliss-reactive ketones (excluding diaryl/α,β-unsaturated/α-hetero) is 1. The molecule has 2 aliphatic carbocycles. The molecule has 0 aromatic rings. The summed E-state index contributed by atoms with van der Waals surface area (Å²) in [4.78, 5) is 24.6. The average Bonchev–Trinajstić information content (AvgIpc) is 2.83. The Morgan fingerprint density at radius 1 is 1.11 bits per heavy atom. The Morgan fingerprint density at radius 3 is 2.48 bits per heavy atom. The zero-order chi connectivity index (χ0) is 19.8. The molecular weight excluding hydrogens is 404 g/mol. The molecule has 152 valence electrons. The number of ketones is 1. The first-order valence-corrected chi connectivity index (χ1v) is 11.7. The van der Waals surface area contributed by atoms with Crippen LogP contribution < -0.4 is 0 Å². The maximum Gasteiger partial charge on any atom is 0.333 e. The number of esters is 1. The molecule has 0 amide bonds. The highest BCUT2D eigenvalue weighted by Gasteiger charge is 2.38. The summed E-state index contributed by atoms with van der Waals surface area (Å²) in [5.74, 6) is 1.03. The lowest BCUT2D eigenvalue weighted by atomic mass is 9.86. The quantitative estimate of drug-likeness (QED) is 0.177. The van der Waals surface area contributed by atoms with Gasteiger partial charge in [0.2, 0.25) is 0 Å². The van der Waals surface area contributed by atoms with E-state index in [0.717, 1.165) is 43.0 Å². The predicted molar refractivity (Wildman–Crippen MR) is 114 cm³/mol. The summed E-state index contributed by atoms with van der Waals surface area (Å²) >= 11 is 3.45. The summed E-state index contributed by atoms with van der Waals surface area (Å²) in [5, 5.41) is 1.08. The molecule has 4 heteroatoms. The summed E-state index contributed by atoms with van der Waals surface area (Å²) in [6, 6.07) is 0. The molecule has 0 bridgehead atoms. The molecule has 3 nitrogen and oxygen atoms in total. The first-order valence-electron chi connectivity index (χ1n) is 10.6. The van der Waals surface area contributed by atoms with Crippen molar-refractivity contribution in [3.05, 3.63) is 23.3 Å². The van der Waals surface area contributed by atoms with Crippen molar-refractivity contribution in [1.82, 2.24) is 0 Å². The van der Waals surface area contributed by atoms with E-state index in [2.05, 4.69) is 29.4 Å². The van der Waals surface area contributed by atoms with Crippen molar-refractivity contribution in [2.24, 2.45) is 17.8 Å². The second-order valence-electron chi connectivity index (χ2n) is 8.31. The third-order valence-corrected chi connectivity index (χ3v) is 6.95. The maximum absolute atomic E-state index is 12.4. The van der Waals surface area contributed by atoms with Crippen LogP contribution in [-0.4, -0.2) is 23.7 Å². The van der Waals surface area contributed by atoms with Gasteiger partial charge in [0.05, 0.1) is 6.61 Å². The Labute approximate surface area is 173 Å². The zero-order valence-corrected chi connectivity index (χ0v) is 18.6. The van der Waals surface area contributed by atoms with Gasteiger partial charge >= 0.3 is 5.97 Å². The van der Waals surface area contributed by atoms with E-state index in [1.54, 1.807) is 0 Å². The van der Waals surface area contributed by atoms with Gasteiger partial charge in [0.1, 0.15) is 0 Å². The second-order valence-corrected chi connectivity index (χ2v) is 9.10. The molecule has 0 aromatic carbocycles. The number of halogens is 1. The highest BCUT2D eigenvalue weighted by atomic mass is 79.9. The largest absolute Gasteiger partial charge is 0.462 e. The number of ether oxygens (including phenoxy) is 1. The second kappa shape index (κ2) is 11.2. The zero-order valence-electron chi connectivity index (χ0n) is 17.0. The van der Waals surface area contributed by atoms with Crippen LogP contribution in [0.3, 0.4) is 0 Å². The highest BCUT2D eigenvalue weighted by molar-refractivity contribution is 9.09. The third-order valence-electron chi connectivity index (χ3n) is 6.39. The SMILES string of the molecule is C=C(C(=O)OCCCCCCCCBr)C1CC[C@@H](C)[C@H]2CC(=O)C(C)=C2C1. The fourth-order valence-electron chi connectivity index (χ4n) is 4.44. The number of hydrogen-bond acceptors (Lipinski definition) is 3. The Kier molecular flexibility index (Phi) is 9.28. The van der Waals surface area contributed by atoms with Crippen molar-refractivity contribution >= 4 is 27.7 Å². The van der Waals surface area contributed by atoms with Crippen LogP contribution in [-0.2, 0) is 14.3 Å². The van der Waals surface area contributed by atoms with Crippen LogP contribution in [0, 0.1) is 17.8 Å². The molecule has 3 atom stereocenters. The Balaban J connectivity index is 1.77. The molecule has 1 saturated carbocycles. The number of unbranched alkanes of at least 4 members (excludes halogenated alkanes) is 5. The highest BCUT2D eigenvalue weighted by Crippen LogP contribution is 2.45. The number of carbonyl (C=O) groups excluding carboxylic acids is 2. The summed E-state index contributed by atoms with van der Waals surface area (Å²) < 4.78 is 5.48. The van der Waals surface area contributed by atoms with Crippen LogP contribution >= 0.6 is 15.9 Å². The van der Waals surface area contributed by atoms with Crippen LogP contribution in [0.15, 0.2) is 23.3 Å². The summed E-state index contributed by atoms with van der Waals surface area (Å²) in [5.41, 5.74) is 2.80. The number of fused-ring (bicyclic) bond motifs is 1. The van der Waals surface area contributed by atoms with E-state index in [4.69, 9.17) is 4.74 Å². The van der Waals surface area contributed by atoms with Crippen LogP contribution in [0.4, 0.5) is 0 Å². The van der Waals surface area contributed by atoms with E-state index < -0.39 is 0 Å². The minimum Gasteiger partial charge on any atom is -0.462 e. The summed E-state index contributed by atoms with van der Waals surface area (Å²) in [6.45, 7) is 8.74. The van der Waals surface area contributed by atoms with Gasteiger partial charge in [0, 0.05) is 17.3 Å². The van der Waals surface area contributed by atoms with E-state index in [0.29, 0.717) is 30.4 Å². The van der Waals surface area contributed by atoms with Crippen LogP contribution in [0.2, 0.25) is 0 Å². The topological polar surface area (TPSA) is 43.4 Å². The van der Waals surface area contributed by atoms with E-state index in [1.165, 1.54) is 31.3 Å². The molecular formula is C23H35BrO3. The average molecular weight is 439 g/mol. The first-order chi connectivity index (χ1) is 13.0. The molecule has 2 rings (SSSR count). The molecule has 0 radical (unpaired) electrons. The van der Waals surface area contributed by atoms with Gasteiger partial charge in [-0.15, -0.1) is 0 Å². The van der Waals surface area contributed by atoms with E-state index in [1.807, 2.05) is 6.92 Å². The molecule has 2 aliphatic rings. The van der Waals surface area contributed by atoms with Crippen molar-refractivity contribution < 1.29 is 14.3 Å². The van der Waals surface area contributed by atoms with Gasteiger partial charge in [-0.05, 0) is 62.4 Å². The summed E-state index contributed by atoms with van der Waals surface area (Å²) in [7, 11) is 0. The molecule has 0 aliphatic heterocycles. The van der Waals surface area contributed by atoms with Gasteiger partial charge in [-0.25, -0.2) is 4.79 Å². The van der Waals surface area contributed by atoms with Crippen molar-refractivity contribution in [1.29, 1.82) is 0 Å². The van der Waals surface area contributed by atoms with E-state index in [-0.39, 0.29) is 17.7 Å². The van der Waals surface area contributed by atoms with Crippen molar-refractivity contribution in [2.75, 3.05) is 11.9 Å². The standard InChI is InChI=1S/C23H35BrO3/c1-16-10-11-19(14-21-18(3)22(25)15-20(16)21)17(2)23(26)27-13-9-7-5-4-6-8-12-24/h16,19-20H,2,4-15H2,1,3H3/t16-,19?,20-/m1/s1. The molecule has 0 saturated heterocycles. The normalized spacial score (nSPS) is 25.3. The minimum absolute atomic E-state index is 0.116. The first kappa shape index (κ1) is 22.4. The van der Waals surface area contributed by atoms with Crippen LogP contribution in [0.5, 0.6) is 0 Å². The number of carbonyl (C=O) groups is 2. The maximum atomic E-state index is 12.4. The Morgan fingerprint density at radius 2 is 1.78 bits per heavy atom. The number of allylic oxidation sites excluding steroid dienone is 2. The smallest absolute Gasteiger partial charge is 0.333 e. The van der Waals surface area contributed by atoms with Crippen molar-refractivity contribution in [3.63, 3.8) is 0 Å². The van der Waals surface area contributed by atoms with Crippen LogP contribution in [0.1, 0.15) is 78.1 Å². The molecule has 27 heavy (non-hydrogen) atoms. The van der Waals surface area contributed by atoms with Crippen LogP contribution in [0.25, 0.3) is 0 Å². The lowest BCUT2D eigenvalue weighted by Crippen LogP contribution is -2.16. The Hall–Kier alpha value is -0.900. The van der Waals surface area contributed by atoms with E-state index >= 15 is 0 Å². The molecule has 0 N–H and O–H groups in total. The van der Waals surface area contributed by atoms with Gasteiger partial charge in [-0.2, -0.15) is 0 Å². The van der Waals surface area contributed by atoms with Gasteiger partial charge < -0.3 is 4.74 Å². The van der Waals surface area contributed by atoms with Gasteiger partial charge in [0.25, 0.3) is 0 Å². The molecule has 0 aromatic heterocycles. The molecule has 0 heterocycles. The number of alkyl halides is 1. The number of hydrogen-bond donors (Lipinski definition) is 0. The third kappa shape index (κ3) is 6.30. The fraction of sp³-hybridized carbons (Fsp3) is 0.739. The van der Waals surface area contributed by atoms with Gasteiger partial charge in [-0.1, -0.05) is 60.7 Å². The minimum atomic E-state index is -0.243. The number of rotatable bonds is 10. The lowest BCUT2D eigenvalue weighted by Gasteiger charge is -2.19. The van der Waals surface area contributed by atoms with Gasteiger partial charge in [-0.3, -0.25) is 4.79 Å². The summed E-state index contributed by atoms with van der Waals surface area (Å²) in [6.07, 6.45) is 10.4. The monoisotopic (exact) mass is 438 g/mol. The van der Waals surface area contributed by atoms with E-state index in [9.17, 15) is 9.59 Å². The predicted octanol–water partition coefficient (Wildman–Crippen LogP) is 6.16. The van der Waals surface area contributed by atoms with Crippen molar-refractivity contribution in [2.45, 2.75) is 78.1 Å².